The number of aromatic nitrogens is 2. The SMILES string of the molecule is CN(Cc1cnn(-c2ccccc2)c1)CN1C(=O)NC2(CCCCCC2)C1=O. The highest BCUT2D eigenvalue weighted by molar-refractivity contribution is 6.07. The summed E-state index contributed by atoms with van der Waals surface area (Å²) in [6.45, 7) is 0.889. The van der Waals surface area contributed by atoms with E-state index in [2.05, 4.69) is 10.4 Å². The Hall–Kier alpha value is -2.67. The van der Waals surface area contributed by atoms with Gasteiger partial charge in [-0.15, -0.1) is 0 Å². The molecule has 3 amide bonds. The number of imide groups is 1. The molecule has 1 aliphatic carbocycles. The summed E-state index contributed by atoms with van der Waals surface area (Å²) >= 11 is 0. The smallest absolute Gasteiger partial charge is 0.323 e. The van der Waals surface area contributed by atoms with Gasteiger partial charge in [-0.05, 0) is 32.0 Å². The number of nitrogens with zero attached hydrogens (tertiary/aromatic N) is 4. The molecule has 1 N–H and O–H groups in total. The minimum Gasteiger partial charge on any atom is -0.323 e. The molecule has 1 aromatic carbocycles. The van der Waals surface area contributed by atoms with Crippen molar-refractivity contribution >= 4 is 11.9 Å². The normalized spacial score (nSPS) is 19.3. The van der Waals surface area contributed by atoms with E-state index < -0.39 is 5.54 Å². The van der Waals surface area contributed by atoms with E-state index in [1.807, 2.05) is 59.4 Å². The molecule has 1 aliphatic heterocycles. The van der Waals surface area contributed by atoms with Gasteiger partial charge in [0.1, 0.15) is 5.54 Å². The standard InChI is InChI=1S/C21H27N5O2/c1-24(14-17-13-22-26(15-17)18-9-5-4-6-10-18)16-25-19(27)21(23-20(25)28)11-7-2-3-8-12-21/h4-6,9-10,13,15H,2-3,7-8,11-12,14,16H2,1H3,(H,23,28). The van der Waals surface area contributed by atoms with Gasteiger partial charge in [-0.25, -0.2) is 14.4 Å². The molecule has 1 saturated heterocycles. The molecule has 2 aromatic rings. The van der Waals surface area contributed by atoms with Crippen LogP contribution in [-0.4, -0.2) is 50.8 Å². The molecule has 0 atom stereocenters. The van der Waals surface area contributed by atoms with Gasteiger partial charge in [-0.1, -0.05) is 43.9 Å². The molecule has 1 saturated carbocycles. The van der Waals surface area contributed by atoms with Crippen molar-refractivity contribution in [1.29, 1.82) is 0 Å². The number of rotatable bonds is 5. The molecular formula is C21H27N5O2. The Morgan fingerprint density at radius 2 is 1.82 bits per heavy atom. The average molecular weight is 381 g/mol. The second kappa shape index (κ2) is 7.75. The van der Waals surface area contributed by atoms with Crippen molar-refractivity contribution in [3.8, 4) is 5.69 Å². The molecule has 1 spiro atoms. The van der Waals surface area contributed by atoms with E-state index >= 15 is 0 Å². The van der Waals surface area contributed by atoms with Crippen LogP contribution in [0, 0.1) is 0 Å². The van der Waals surface area contributed by atoms with Crippen molar-refractivity contribution < 1.29 is 9.59 Å². The second-order valence-electron chi connectivity index (χ2n) is 7.94. The number of urea groups is 1. The number of benzene rings is 1. The van der Waals surface area contributed by atoms with Gasteiger partial charge < -0.3 is 5.32 Å². The van der Waals surface area contributed by atoms with Gasteiger partial charge >= 0.3 is 6.03 Å². The van der Waals surface area contributed by atoms with Crippen LogP contribution in [0.5, 0.6) is 0 Å². The Bertz CT molecular complexity index is 839. The lowest BCUT2D eigenvalue weighted by atomic mass is 9.90. The van der Waals surface area contributed by atoms with Crippen LogP contribution in [0.3, 0.4) is 0 Å². The third-order valence-electron chi connectivity index (χ3n) is 5.70. The molecule has 28 heavy (non-hydrogen) atoms. The van der Waals surface area contributed by atoms with Crippen molar-refractivity contribution in [2.24, 2.45) is 0 Å². The molecule has 7 nitrogen and oxygen atoms in total. The molecule has 0 radical (unpaired) electrons. The molecule has 2 fully saturated rings. The van der Waals surface area contributed by atoms with E-state index in [4.69, 9.17) is 0 Å². The summed E-state index contributed by atoms with van der Waals surface area (Å²) in [6.07, 6.45) is 9.56. The maximum atomic E-state index is 13.0. The number of amides is 3. The maximum Gasteiger partial charge on any atom is 0.326 e. The van der Waals surface area contributed by atoms with E-state index in [0.29, 0.717) is 6.54 Å². The Morgan fingerprint density at radius 3 is 2.54 bits per heavy atom. The lowest BCUT2D eigenvalue weighted by molar-refractivity contribution is -0.133. The van der Waals surface area contributed by atoms with Gasteiger partial charge in [0.2, 0.25) is 0 Å². The van der Waals surface area contributed by atoms with E-state index in [1.54, 1.807) is 0 Å². The number of nitrogens with one attached hydrogen (secondary N) is 1. The molecule has 0 unspecified atom stereocenters. The Kier molecular flexibility index (Phi) is 5.17. The Balaban J connectivity index is 1.40. The third-order valence-corrected chi connectivity index (χ3v) is 5.70. The molecule has 2 heterocycles. The van der Waals surface area contributed by atoms with Crippen LogP contribution in [0.1, 0.15) is 44.1 Å². The molecule has 0 bridgehead atoms. The largest absolute Gasteiger partial charge is 0.326 e. The number of hydrogen-bond donors (Lipinski definition) is 1. The number of para-hydroxylation sites is 1. The summed E-state index contributed by atoms with van der Waals surface area (Å²) in [6, 6.07) is 9.66. The summed E-state index contributed by atoms with van der Waals surface area (Å²) in [4.78, 5) is 28.9. The molecule has 2 aliphatic rings. The first-order chi connectivity index (χ1) is 13.6. The monoisotopic (exact) mass is 381 g/mol. The predicted molar refractivity (Wildman–Crippen MR) is 106 cm³/mol. The third kappa shape index (κ3) is 3.67. The molecular weight excluding hydrogens is 354 g/mol. The van der Waals surface area contributed by atoms with E-state index in [-0.39, 0.29) is 18.6 Å². The second-order valence-corrected chi connectivity index (χ2v) is 7.94. The highest BCUT2D eigenvalue weighted by Crippen LogP contribution is 2.32. The minimum absolute atomic E-state index is 0.0637. The first kappa shape index (κ1) is 18.7. The quantitative estimate of drug-likeness (QED) is 0.809. The summed E-state index contributed by atoms with van der Waals surface area (Å²) in [5.41, 5.74) is 1.36. The van der Waals surface area contributed by atoms with Gasteiger partial charge in [0.15, 0.2) is 0 Å². The zero-order valence-electron chi connectivity index (χ0n) is 16.3. The van der Waals surface area contributed by atoms with Gasteiger partial charge in [-0.3, -0.25) is 9.69 Å². The zero-order valence-corrected chi connectivity index (χ0v) is 16.3. The zero-order chi connectivity index (χ0) is 19.6. The summed E-state index contributed by atoms with van der Waals surface area (Å²) in [5, 5.41) is 7.41. The van der Waals surface area contributed by atoms with Gasteiger partial charge in [-0.2, -0.15) is 5.10 Å². The van der Waals surface area contributed by atoms with Crippen LogP contribution < -0.4 is 5.32 Å². The number of carbonyl (C=O) groups is 2. The van der Waals surface area contributed by atoms with Gasteiger partial charge in [0.05, 0.1) is 18.6 Å². The first-order valence-corrected chi connectivity index (χ1v) is 9.99. The van der Waals surface area contributed by atoms with Crippen LogP contribution in [0.25, 0.3) is 5.69 Å². The van der Waals surface area contributed by atoms with Crippen LogP contribution in [0.2, 0.25) is 0 Å². The van der Waals surface area contributed by atoms with E-state index in [0.717, 1.165) is 49.8 Å². The van der Waals surface area contributed by atoms with Gasteiger partial charge in [0.25, 0.3) is 5.91 Å². The predicted octanol–water partition coefficient (Wildman–Crippen LogP) is 2.91. The lowest BCUT2D eigenvalue weighted by Gasteiger charge is -2.26. The summed E-state index contributed by atoms with van der Waals surface area (Å²) in [7, 11) is 1.92. The first-order valence-electron chi connectivity index (χ1n) is 9.99. The average Bonchev–Trinajstić information content (AvgIpc) is 3.14. The fourth-order valence-corrected chi connectivity index (χ4v) is 4.24. The maximum absolute atomic E-state index is 13.0. The van der Waals surface area contributed by atoms with E-state index in [1.165, 1.54) is 4.90 Å². The van der Waals surface area contributed by atoms with Crippen molar-refractivity contribution in [2.75, 3.05) is 13.7 Å². The van der Waals surface area contributed by atoms with Crippen molar-refractivity contribution in [2.45, 2.75) is 50.6 Å². The molecule has 148 valence electrons. The van der Waals surface area contributed by atoms with Crippen LogP contribution in [0.15, 0.2) is 42.7 Å². The molecule has 4 rings (SSSR count). The highest BCUT2D eigenvalue weighted by atomic mass is 16.2. The fraction of sp³-hybridized carbons (Fsp3) is 0.476. The number of hydrogen-bond acceptors (Lipinski definition) is 4. The Labute approximate surface area is 165 Å². The minimum atomic E-state index is -0.674. The lowest BCUT2D eigenvalue weighted by Crippen LogP contribution is -2.47. The molecule has 7 heteroatoms. The van der Waals surface area contributed by atoms with E-state index in [9.17, 15) is 9.59 Å². The summed E-state index contributed by atoms with van der Waals surface area (Å²) in [5.74, 6) is -0.0637. The van der Waals surface area contributed by atoms with Gasteiger partial charge in [0, 0.05) is 18.3 Å². The fourth-order valence-electron chi connectivity index (χ4n) is 4.24. The number of carbonyl (C=O) groups excluding carboxylic acids is 2. The van der Waals surface area contributed by atoms with Crippen LogP contribution >= 0.6 is 0 Å². The Morgan fingerprint density at radius 1 is 1.11 bits per heavy atom. The van der Waals surface area contributed by atoms with Crippen LogP contribution in [0.4, 0.5) is 4.79 Å². The molecule has 1 aromatic heterocycles. The van der Waals surface area contributed by atoms with Crippen molar-refractivity contribution in [3.63, 3.8) is 0 Å². The van der Waals surface area contributed by atoms with Crippen LogP contribution in [-0.2, 0) is 11.3 Å². The van der Waals surface area contributed by atoms with Crippen molar-refractivity contribution in [3.05, 3.63) is 48.3 Å². The summed E-state index contributed by atoms with van der Waals surface area (Å²) < 4.78 is 1.83. The van der Waals surface area contributed by atoms with Crippen molar-refractivity contribution in [1.82, 2.24) is 24.9 Å². The highest BCUT2D eigenvalue weighted by Gasteiger charge is 2.50. The topological polar surface area (TPSA) is 70.5 Å².